The molecule has 1 heterocycles. The number of aromatic hydroxyl groups is 1. The van der Waals surface area contributed by atoms with Crippen molar-refractivity contribution < 1.29 is 15.0 Å². The Morgan fingerprint density at radius 2 is 2.18 bits per heavy atom. The third kappa shape index (κ3) is 2.06. The number of hydrogen-bond acceptors (Lipinski definition) is 4. The number of nitrogens with zero attached hydrogens (tertiary/aromatic N) is 1. The van der Waals surface area contributed by atoms with Crippen LogP contribution in [0.15, 0.2) is 18.2 Å². The largest absolute Gasteiger partial charge is 0.508 e. The maximum atomic E-state index is 12.0. The maximum absolute atomic E-state index is 12.0. The molecule has 0 radical (unpaired) electrons. The summed E-state index contributed by atoms with van der Waals surface area (Å²) in [5.74, 6) is -0.245. The highest BCUT2D eigenvalue weighted by Gasteiger charge is 2.42. The van der Waals surface area contributed by atoms with Crippen LogP contribution in [-0.2, 0) is 0 Å². The number of anilines is 1. The van der Waals surface area contributed by atoms with Gasteiger partial charge >= 0.3 is 0 Å². The lowest BCUT2D eigenvalue weighted by Crippen LogP contribution is -2.63. The summed E-state index contributed by atoms with van der Waals surface area (Å²) in [5.41, 5.74) is 5.54. The minimum absolute atomic E-state index is 0.00817. The summed E-state index contributed by atoms with van der Waals surface area (Å²) in [7, 11) is 0. The van der Waals surface area contributed by atoms with Crippen molar-refractivity contribution in [2.24, 2.45) is 0 Å². The molecule has 2 rings (SSSR count). The summed E-state index contributed by atoms with van der Waals surface area (Å²) < 4.78 is 0. The Hall–Kier alpha value is -1.75. The lowest BCUT2D eigenvalue weighted by atomic mass is 9.90. The number of likely N-dealkylation sites (tertiary alicyclic amines) is 1. The summed E-state index contributed by atoms with van der Waals surface area (Å²) in [6, 6.07) is 4.28. The van der Waals surface area contributed by atoms with E-state index >= 15 is 0 Å². The molecule has 0 aliphatic carbocycles. The third-order valence-electron chi connectivity index (χ3n) is 3.18. The maximum Gasteiger partial charge on any atom is 0.256 e. The van der Waals surface area contributed by atoms with E-state index in [1.807, 2.05) is 6.92 Å². The fourth-order valence-electron chi connectivity index (χ4n) is 1.93. The van der Waals surface area contributed by atoms with Gasteiger partial charge in [0.25, 0.3) is 5.91 Å². The van der Waals surface area contributed by atoms with Crippen molar-refractivity contribution in [1.82, 2.24) is 4.90 Å². The number of carbonyl (C=O) groups is 1. The van der Waals surface area contributed by atoms with Crippen molar-refractivity contribution >= 4 is 11.6 Å². The first kappa shape index (κ1) is 11.7. The Morgan fingerprint density at radius 3 is 2.76 bits per heavy atom. The Kier molecular flexibility index (Phi) is 2.71. The Bertz CT molecular complexity index is 453. The zero-order valence-corrected chi connectivity index (χ0v) is 9.68. The lowest BCUT2D eigenvalue weighted by Gasteiger charge is -2.46. The van der Waals surface area contributed by atoms with Crippen LogP contribution in [0.2, 0.25) is 0 Å². The quantitative estimate of drug-likeness (QED) is 0.517. The van der Waals surface area contributed by atoms with E-state index in [0.29, 0.717) is 25.2 Å². The number of benzene rings is 1. The van der Waals surface area contributed by atoms with Gasteiger partial charge in [-0.15, -0.1) is 0 Å². The molecule has 1 aliphatic heterocycles. The molecule has 5 heteroatoms. The molecule has 0 spiro atoms. The van der Waals surface area contributed by atoms with E-state index in [2.05, 4.69) is 0 Å². The molecule has 0 unspecified atom stereocenters. The van der Waals surface area contributed by atoms with Gasteiger partial charge in [-0.1, -0.05) is 6.92 Å². The summed E-state index contributed by atoms with van der Waals surface area (Å²) in [5, 5.41) is 19.2. The molecular weight excluding hydrogens is 220 g/mol. The van der Waals surface area contributed by atoms with Gasteiger partial charge in [-0.2, -0.15) is 0 Å². The van der Waals surface area contributed by atoms with Gasteiger partial charge in [0.2, 0.25) is 0 Å². The molecule has 1 saturated heterocycles. The average Bonchev–Trinajstić information content (AvgIpc) is 2.27. The monoisotopic (exact) mass is 236 g/mol. The zero-order valence-electron chi connectivity index (χ0n) is 9.68. The SMILES string of the molecule is CCC1(O)CN(C(=O)c2cc(O)ccc2N)C1. The van der Waals surface area contributed by atoms with Crippen molar-refractivity contribution in [1.29, 1.82) is 0 Å². The predicted octanol–water partition coefficient (Wildman–Crippen LogP) is 0.571. The Labute approximate surface area is 99.5 Å². The molecule has 1 aromatic carbocycles. The van der Waals surface area contributed by atoms with Crippen LogP contribution in [0.4, 0.5) is 5.69 Å². The first-order chi connectivity index (χ1) is 7.95. The molecule has 4 N–H and O–H groups in total. The van der Waals surface area contributed by atoms with Crippen LogP contribution in [-0.4, -0.2) is 39.7 Å². The summed E-state index contributed by atoms with van der Waals surface area (Å²) >= 11 is 0. The minimum Gasteiger partial charge on any atom is -0.508 e. The van der Waals surface area contributed by atoms with Crippen molar-refractivity contribution in [3.05, 3.63) is 23.8 Å². The number of amides is 1. The van der Waals surface area contributed by atoms with Gasteiger partial charge in [-0.3, -0.25) is 4.79 Å². The number of β-amino-alcohol motifs (C(OH)–C–C–N with tert-alkyl or cyclic N) is 1. The molecule has 1 fully saturated rings. The number of hydrogen-bond donors (Lipinski definition) is 3. The van der Waals surface area contributed by atoms with E-state index in [1.54, 1.807) is 0 Å². The van der Waals surface area contributed by atoms with Crippen LogP contribution >= 0.6 is 0 Å². The van der Waals surface area contributed by atoms with Gasteiger partial charge < -0.3 is 20.8 Å². The fraction of sp³-hybridized carbons (Fsp3) is 0.417. The van der Waals surface area contributed by atoms with E-state index in [0.717, 1.165) is 0 Å². The van der Waals surface area contributed by atoms with Crippen LogP contribution in [0.1, 0.15) is 23.7 Å². The number of aliphatic hydroxyl groups is 1. The molecule has 92 valence electrons. The van der Waals surface area contributed by atoms with Crippen molar-refractivity contribution in [3.8, 4) is 5.75 Å². The van der Waals surface area contributed by atoms with E-state index in [4.69, 9.17) is 5.73 Å². The van der Waals surface area contributed by atoms with Crippen LogP contribution in [0, 0.1) is 0 Å². The number of carbonyl (C=O) groups excluding carboxylic acids is 1. The van der Waals surface area contributed by atoms with Gasteiger partial charge in [0, 0.05) is 5.69 Å². The fourth-order valence-corrected chi connectivity index (χ4v) is 1.93. The highest BCUT2D eigenvalue weighted by Crippen LogP contribution is 2.28. The number of nitrogen functional groups attached to an aromatic ring is 1. The molecule has 0 atom stereocenters. The van der Waals surface area contributed by atoms with Gasteiger partial charge in [-0.05, 0) is 24.6 Å². The van der Waals surface area contributed by atoms with Gasteiger partial charge in [0.05, 0.1) is 24.3 Å². The second kappa shape index (κ2) is 3.92. The average molecular weight is 236 g/mol. The van der Waals surface area contributed by atoms with Gasteiger partial charge in [0.15, 0.2) is 0 Å². The minimum atomic E-state index is -0.763. The number of nitrogens with two attached hydrogens (primary N) is 1. The zero-order chi connectivity index (χ0) is 12.6. The second-order valence-electron chi connectivity index (χ2n) is 4.51. The number of rotatable bonds is 2. The van der Waals surface area contributed by atoms with Gasteiger partial charge in [0.1, 0.15) is 5.75 Å². The van der Waals surface area contributed by atoms with E-state index < -0.39 is 5.60 Å². The van der Waals surface area contributed by atoms with E-state index in [1.165, 1.54) is 23.1 Å². The molecule has 1 amide bonds. The highest BCUT2D eigenvalue weighted by atomic mass is 16.3. The number of phenolic OH excluding ortho intramolecular Hbond substituents is 1. The van der Waals surface area contributed by atoms with Crippen LogP contribution in [0.25, 0.3) is 0 Å². The Balaban J connectivity index is 2.14. The highest BCUT2D eigenvalue weighted by molar-refractivity contribution is 6.00. The topological polar surface area (TPSA) is 86.8 Å². The van der Waals surface area contributed by atoms with Crippen molar-refractivity contribution in [2.45, 2.75) is 18.9 Å². The lowest BCUT2D eigenvalue weighted by molar-refractivity contribution is -0.0826. The van der Waals surface area contributed by atoms with Crippen LogP contribution < -0.4 is 5.73 Å². The van der Waals surface area contributed by atoms with Crippen molar-refractivity contribution in [3.63, 3.8) is 0 Å². The predicted molar refractivity (Wildman–Crippen MR) is 63.7 cm³/mol. The number of phenols is 1. The second-order valence-corrected chi connectivity index (χ2v) is 4.51. The van der Waals surface area contributed by atoms with Crippen molar-refractivity contribution in [2.75, 3.05) is 18.8 Å². The first-order valence-electron chi connectivity index (χ1n) is 5.55. The summed E-state index contributed by atoms with van der Waals surface area (Å²) in [6.45, 7) is 2.51. The van der Waals surface area contributed by atoms with E-state index in [-0.39, 0.29) is 17.2 Å². The smallest absolute Gasteiger partial charge is 0.256 e. The molecule has 0 aromatic heterocycles. The third-order valence-corrected chi connectivity index (χ3v) is 3.18. The molecule has 1 aromatic rings. The summed E-state index contributed by atoms with van der Waals surface area (Å²) in [6.07, 6.45) is 0.617. The molecule has 0 saturated carbocycles. The molecular formula is C12H16N2O3. The molecule has 0 bridgehead atoms. The standard InChI is InChI=1S/C12H16N2O3/c1-2-12(17)6-14(7-12)11(16)9-5-8(15)3-4-10(9)13/h3-5,15,17H,2,6-7,13H2,1H3. The van der Waals surface area contributed by atoms with Crippen LogP contribution in [0.5, 0.6) is 5.75 Å². The summed E-state index contributed by atoms with van der Waals surface area (Å²) in [4.78, 5) is 13.5. The Morgan fingerprint density at radius 1 is 1.53 bits per heavy atom. The van der Waals surface area contributed by atoms with Gasteiger partial charge in [-0.25, -0.2) is 0 Å². The molecule has 17 heavy (non-hydrogen) atoms. The molecule has 1 aliphatic rings. The van der Waals surface area contributed by atoms with Crippen LogP contribution in [0.3, 0.4) is 0 Å². The first-order valence-corrected chi connectivity index (χ1v) is 5.55. The van der Waals surface area contributed by atoms with E-state index in [9.17, 15) is 15.0 Å². The normalized spacial score (nSPS) is 17.6. The molecule has 5 nitrogen and oxygen atoms in total.